The second-order valence-corrected chi connectivity index (χ2v) is 7.02. The Balaban J connectivity index is 0.00000108. The van der Waals surface area contributed by atoms with Gasteiger partial charge in [0.2, 0.25) is 0 Å². The molecule has 0 saturated heterocycles. The van der Waals surface area contributed by atoms with Gasteiger partial charge in [-0.2, -0.15) is 5.10 Å². The third kappa shape index (κ3) is 5.76. The van der Waals surface area contributed by atoms with Crippen LogP contribution in [-0.4, -0.2) is 48.8 Å². The van der Waals surface area contributed by atoms with Crippen LogP contribution in [0.4, 0.5) is 26.5 Å². The van der Waals surface area contributed by atoms with Crippen molar-refractivity contribution < 1.29 is 23.8 Å². The lowest BCUT2D eigenvalue weighted by atomic mass is 10.1. The van der Waals surface area contributed by atoms with Crippen molar-refractivity contribution in [3.63, 3.8) is 0 Å². The van der Waals surface area contributed by atoms with Gasteiger partial charge in [-0.1, -0.05) is 25.1 Å². The van der Waals surface area contributed by atoms with Crippen molar-refractivity contribution in [1.29, 1.82) is 0 Å². The molecule has 0 unspecified atom stereocenters. The number of anilines is 3. The smallest absolute Gasteiger partial charge is 0.411 e. The highest BCUT2D eigenvalue weighted by molar-refractivity contribution is 5.93. The number of halogens is 1. The molecule has 3 aromatic heterocycles. The molecule has 182 valence electrons. The highest BCUT2D eigenvalue weighted by atomic mass is 19.1. The molecule has 3 heterocycles. The standard InChI is InChI=1S/C21H21FN8O2.CH2O2/c1-2-10-32-21(31)27-17-18(23)28-20(29-19(17)24)16-14-8-5-9-25-30(14)15(26-16)11-12-6-3-4-7-13(12)22;2-1-3/h3-9H,2,10-11H2,1H3,(H,27,31)(H4,23,24,28,29);1H,(H,2,3). The summed E-state index contributed by atoms with van der Waals surface area (Å²) in [4.78, 5) is 33.3. The zero-order valence-corrected chi connectivity index (χ0v) is 18.7. The van der Waals surface area contributed by atoms with Crippen LogP contribution in [0.3, 0.4) is 0 Å². The molecule has 13 heteroatoms. The number of benzene rings is 1. The maximum Gasteiger partial charge on any atom is 0.411 e. The Morgan fingerprint density at radius 1 is 1.17 bits per heavy atom. The number of amides is 1. The Hall–Kier alpha value is -4.81. The minimum atomic E-state index is -0.703. The molecule has 0 aliphatic carbocycles. The fourth-order valence-electron chi connectivity index (χ4n) is 3.14. The number of aromatic nitrogens is 5. The third-order valence-corrected chi connectivity index (χ3v) is 4.63. The maximum absolute atomic E-state index is 14.2. The van der Waals surface area contributed by atoms with Gasteiger partial charge < -0.3 is 21.3 Å². The number of carboxylic acid groups (broad SMARTS) is 1. The Morgan fingerprint density at radius 3 is 2.51 bits per heavy atom. The summed E-state index contributed by atoms with van der Waals surface area (Å²) in [5.74, 6) is 0.227. The first kappa shape index (κ1) is 24.8. The van der Waals surface area contributed by atoms with Gasteiger partial charge in [0.1, 0.15) is 23.0 Å². The van der Waals surface area contributed by atoms with Gasteiger partial charge >= 0.3 is 6.09 Å². The molecule has 0 aliphatic heterocycles. The molecule has 0 spiro atoms. The summed E-state index contributed by atoms with van der Waals surface area (Å²) >= 11 is 0. The van der Waals surface area contributed by atoms with Crippen LogP contribution in [-0.2, 0) is 16.0 Å². The average molecular weight is 482 g/mol. The number of imidazole rings is 1. The summed E-state index contributed by atoms with van der Waals surface area (Å²) in [5, 5.41) is 13.7. The van der Waals surface area contributed by atoms with E-state index in [1.54, 1.807) is 41.0 Å². The van der Waals surface area contributed by atoms with E-state index in [0.717, 1.165) is 0 Å². The van der Waals surface area contributed by atoms with Crippen LogP contribution in [0, 0.1) is 5.82 Å². The monoisotopic (exact) mass is 482 g/mol. The highest BCUT2D eigenvalue weighted by Gasteiger charge is 2.20. The van der Waals surface area contributed by atoms with E-state index in [1.807, 2.05) is 6.92 Å². The number of fused-ring (bicyclic) bond motifs is 1. The van der Waals surface area contributed by atoms with E-state index in [9.17, 15) is 9.18 Å². The first-order valence-corrected chi connectivity index (χ1v) is 10.4. The van der Waals surface area contributed by atoms with Gasteiger partial charge in [0.25, 0.3) is 6.47 Å². The van der Waals surface area contributed by atoms with E-state index in [-0.39, 0.29) is 48.5 Å². The molecule has 0 radical (unpaired) electrons. The molecule has 0 atom stereocenters. The second kappa shape index (κ2) is 11.4. The number of hydrogen-bond donors (Lipinski definition) is 4. The molecular formula is C22H23FN8O4. The molecule has 12 nitrogen and oxygen atoms in total. The molecule has 4 rings (SSSR count). The predicted octanol–water partition coefficient (Wildman–Crippen LogP) is 2.74. The molecule has 6 N–H and O–H groups in total. The van der Waals surface area contributed by atoms with Crippen molar-refractivity contribution in [2.75, 3.05) is 23.4 Å². The zero-order valence-electron chi connectivity index (χ0n) is 18.7. The van der Waals surface area contributed by atoms with Crippen LogP contribution in [0.5, 0.6) is 0 Å². The number of ether oxygens (including phenoxy) is 1. The number of carbonyl (C=O) groups excluding carboxylic acids is 1. The van der Waals surface area contributed by atoms with Crippen molar-refractivity contribution in [3.8, 4) is 11.5 Å². The Kier molecular flexibility index (Phi) is 8.06. The molecule has 35 heavy (non-hydrogen) atoms. The number of nitrogen functional groups attached to an aromatic ring is 2. The minimum absolute atomic E-state index is 0.0401. The number of nitrogens with zero attached hydrogens (tertiary/aromatic N) is 5. The molecular weight excluding hydrogens is 459 g/mol. The number of nitrogens with one attached hydrogen (secondary N) is 1. The van der Waals surface area contributed by atoms with Crippen molar-refractivity contribution in [2.45, 2.75) is 19.8 Å². The Morgan fingerprint density at radius 2 is 1.86 bits per heavy atom. The van der Waals surface area contributed by atoms with Gasteiger partial charge in [0, 0.05) is 12.6 Å². The number of rotatable bonds is 6. The third-order valence-electron chi connectivity index (χ3n) is 4.63. The summed E-state index contributed by atoms with van der Waals surface area (Å²) in [6.07, 6.45) is 1.77. The van der Waals surface area contributed by atoms with Crippen molar-refractivity contribution >= 4 is 35.4 Å². The van der Waals surface area contributed by atoms with E-state index in [2.05, 4.69) is 25.4 Å². The van der Waals surface area contributed by atoms with Gasteiger partial charge in [0.15, 0.2) is 17.5 Å². The molecule has 0 saturated carbocycles. The SMILES string of the molecule is CCCOC(=O)Nc1c(N)nc(-c2nc(Cc3ccccc3F)n3ncccc23)nc1N.O=CO. The van der Waals surface area contributed by atoms with Crippen molar-refractivity contribution in [2.24, 2.45) is 0 Å². The predicted molar refractivity (Wildman–Crippen MR) is 126 cm³/mol. The topological polar surface area (TPSA) is 184 Å². The van der Waals surface area contributed by atoms with Crippen LogP contribution in [0.15, 0.2) is 42.6 Å². The lowest BCUT2D eigenvalue weighted by molar-refractivity contribution is -0.122. The molecule has 0 bridgehead atoms. The maximum atomic E-state index is 14.2. The van der Waals surface area contributed by atoms with E-state index in [0.29, 0.717) is 29.0 Å². The quantitative estimate of drug-likeness (QED) is 0.298. The lowest BCUT2D eigenvalue weighted by Crippen LogP contribution is -2.18. The fourth-order valence-corrected chi connectivity index (χ4v) is 3.14. The Bertz CT molecular complexity index is 1320. The highest BCUT2D eigenvalue weighted by Crippen LogP contribution is 2.29. The summed E-state index contributed by atoms with van der Waals surface area (Å²) in [6, 6.07) is 9.97. The largest absolute Gasteiger partial charge is 0.483 e. The average Bonchev–Trinajstić information content (AvgIpc) is 3.20. The van der Waals surface area contributed by atoms with E-state index in [1.165, 1.54) is 6.07 Å². The van der Waals surface area contributed by atoms with Gasteiger partial charge in [-0.25, -0.2) is 28.7 Å². The number of hydrogen-bond acceptors (Lipinski definition) is 9. The summed E-state index contributed by atoms with van der Waals surface area (Å²) in [6.45, 7) is 1.88. The number of nitrogens with two attached hydrogens (primary N) is 2. The van der Waals surface area contributed by atoms with Gasteiger partial charge in [-0.05, 0) is 30.2 Å². The van der Waals surface area contributed by atoms with Crippen molar-refractivity contribution in [3.05, 3.63) is 59.8 Å². The van der Waals surface area contributed by atoms with Crippen LogP contribution in [0.1, 0.15) is 24.7 Å². The summed E-state index contributed by atoms with van der Waals surface area (Å²) in [5.41, 5.74) is 13.6. The van der Waals surface area contributed by atoms with Gasteiger partial charge in [-0.15, -0.1) is 0 Å². The second-order valence-electron chi connectivity index (χ2n) is 7.02. The summed E-state index contributed by atoms with van der Waals surface area (Å²) in [7, 11) is 0. The minimum Gasteiger partial charge on any atom is -0.483 e. The molecule has 0 aliphatic rings. The lowest BCUT2D eigenvalue weighted by Gasteiger charge is -2.11. The molecule has 1 aromatic carbocycles. The van der Waals surface area contributed by atoms with E-state index in [4.69, 9.17) is 26.1 Å². The fraction of sp³-hybridized carbons (Fsp3) is 0.182. The van der Waals surface area contributed by atoms with Crippen LogP contribution < -0.4 is 16.8 Å². The van der Waals surface area contributed by atoms with E-state index >= 15 is 0 Å². The molecule has 4 aromatic rings. The van der Waals surface area contributed by atoms with Gasteiger partial charge in [-0.3, -0.25) is 10.1 Å². The van der Waals surface area contributed by atoms with Crippen LogP contribution in [0.2, 0.25) is 0 Å². The summed E-state index contributed by atoms with van der Waals surface area (Å²) < 4.78 is 20.7. The van der Waals surface area contributed by atoms with Crippen LogP contribution in [0.25, 0.3) is 17.0 Å². The first-order valence-electron chi connectivity index (χ1n) is 10.4. The molecule has 0 fully saturated rings. The first-order chi connectivity index (χ1) is 16.9. The zero-order chi connectivity index (χ0) is 25.4. The number of carbonyl (C=O) groups is 2. The molecule has 1 amide bonds. The normalized spacial score (nSPS) is 10.3. The van der Waals surface area contributed by atoms with Crippen molar-refractivity contribution in [1.82, 2.24) is 24.6 Å². The van der Waals surface area contributed by atoms with Crippen LogP contribution >= 0.6 is 0 Å². The van der Waals surface area contributed by atoms with Gasteiger partial charge in [0.05, 0.1) is 12.1 Å². The Labute approximate surface area is 198 Å². The van der Waals surface area contributed by atoms with E-state index < -0.39 is 6.09 Å².